The third-order valence-electron chi connectivity index (χ3n) is 5.75. The first-order valence-corrected chi connectivity index (χ1v) is 9.83. The first-order chi connectivity index (χ1) is 12.1. The summed E-state index contributed by atoms with van der Waals surface area (Å²) in [6.07, 6.45) is 5.28. The lowest BCUT2D eigenvalue weighted by molar-refractivity contribution is -0.134. The van der Waals surface area contributed by atoms with Gasteiger partial charge in [-0.2, -0.15) is 0 Å². The molecule has 138 valence electrons. The predicted octanol–water partition coefficient (Wildman–Crippen LogP) is 3.39. The summed E-state index contributed by atoms with van der Waals surface area (Å²) in [6, 6.07) is 8.23. The Bertz CT molecular complexity index is 544. The van der Waals surface area contributed by atoms with Gasteiger partial charge in [-0.3, -0.25) is 4.79 Å². The van der Waals surface area contributed by atoms with Crippen LogP contribution >= 0.6 is 0 Å². The van der Waals surface area contributed by atoms with Crippen molar-refractivity contribution in [3.63, 3.8) is 0 Å². The average molecular weight is 344 g/mol. The van der Waals surface area contributed by atoms with Gasteiger partial charge in [0, 0.05) is 32.4 Å². The molecule has 0 radical (unpaired) electrons. The van der Waals surface area contributed by atoms with E-state index in [1.54, 1.807) is 0 Å². The Labute approximate surface area is 151 Å². The van der Waals surface area contributed by atoms with Crippen molar-refractivity contribution in [3.8, 4) is 5.75 Å². The quantitative estimate of drug-likeness (QED) is 0.890. The molecule has 4 heteroatoms. The highest BCUT2D eigenvalue weighted by Crippen LogP contribution is 2.25. The molecule has 2 heterocycles. The van der Waals surface area contributed by atoms with Crippen molar-refractivity contribution in [3.05, 3.63) is 29.8 Å². The Morgan fingerprint density at radius 2 is 1.96 bits per heavy atom. The van der Waals surface area contributed by atoms with Crippen LogP contribution in [-0.2, 0) is 4.79 Å². The number of piperidine rings is 2. The number of rotatable bonds is 5. The van der Waals surface area contributed by atoms with Gasteiger partial charge >= 0.3 is 0 Å². The van der Waals surface area contributed by atoms with E-state index < -0.39 is 0 Å². The number of nitrogens with one attached hydrogen (secondary N) is 1. The van der Waals surface area contributed by atoms with Gasteiger partial charge in [0.15, 0.2) is 0 Å². The van der Waals surface area contributed by atoms with Crippen LogP contribution in [0.1, 0.15) is 44.6 Å². The lowest BCUT2D eigenvalue weighted by Crippen LogP contribution is -2.43. The molecule has 2 aliphatic heterocycles. The van der Waals surface area contributed by atoms with E-state index in [4.69, 9.17) is 4.74 Å². The number of benzene rings is 1. The van der Waals surface area contributed by atoms with Crippen LogP contribution in [0.15, 0.2) is 24.3 Å². The molecule has 0 saturated carbocycles. The van der Waals surface area contributed by atoms with E-state index in [0.29, 0.717) is 24.2 Å². The van der Waals surface area contributed by atoms with Crippen LogP contribution < -0.4 is 10.1 Å². The molecule has 0 aliphatic carbocycles. The highest BCUT2D eigenvalue weighted by molar-refractivity contribution is 5.76. The largest absolute Gasteiger partial charge is 0.490 e. The fourth-order valence-corrected chi connectivity index (χ4v) is 3.97. The first kappa shape index (κ1) is 18.2. The second-order valence-corrected chi connectivity index (χ2v) is 7.80. The zero-order chi connectivity index (χ0) is 17.6. The molecule has 1 amide bonds. The monoisotopic (exact) mass is 344 g/mol. The van der Waals surface area contributed by atoms with Crippen LogP contribution in [0, 0.1) is 18.8 Å². The van der Waals surface area contributed by atoms with Crippen molar-refractivity contribution < 1.29 is 9.53 Å². The van der Waals surface area contributed by atoms with Crippen LogP contribution in [-0.4, -0.2) is 43.1 Å². The lowest BCUT2D eigenvalue weighted by atomic mass is 9.85. The normalized spacial score (nSPS) is 23.3. The van der Waals surface area contributed by atoms with Crippen LogP contribution in [0.5, 0.6) is 5.75 Å². The topological polar surface area (TPSA) is 41.6 Å². The van der Waals surface area contributed by atoms with Gasteiger partial charge in [0.2, 0.25) is 5.91 Å². The van der Waals surface area contributed by atoms with Crippen LogP contribution in [0.3, 0.4) is 0 Å². The second-order valence-electron chi connectivity index (χ2n) is 7.80. The van der Waals surface area contributed by atoms with Crippen molar-refractivity contribution in [1.29, 1.82) is 0 Å². The SMILES string of the molecule is Cc1ccc(OC2CCN(C(=O)CC(C)C3CCCNC3)CC2)cc1. The molecule has 1 N–H and O–H groups in total. The maximum Gasteiger partial charge on any atom is 0.222 e. The highest BCUT2D eigenvalue weighted by atomic mass is 16.5. The van der Waals surface area contributed by atoms with E-state index in [1.165, 1.54) is 18.4 Å². The number of hydrogen-bond acceptors (Lipinski definition) is 3. The summed E-state index contributed by atoms with van der Waals surface area (Å²) in [4.78, 5) is 14.7. The summed E-state index contributed by atoms with van der Waals surface area (Å²) in [7, 11) is 0. The van der Waals surface area contributed by atoms with Gasteiger partial charge in [-0.15, -0.1) is 0 Å². The van der Waals surface area contributed by atoms with Crippen LogP contribution in [0.25, 0.3) is 0 Å². The molecule has 1 aromatic carbocycles. The molecule has 0 bridgehead atoms. The molecule has 1 aromatic rings. The van der Waals surface area contributed by atoms with Crippen molar-refractivity contribution in [2.45, 2.75) is 52.1 Å². The predicted molar refractivity (Wildman–Crippen MR) is 101 cm³/mol. The smallest absolute Gasteiger partial charge is 0.222 e. The Kier molecular flexibility index (Phi) is 6.35. The molecular weight excluding hydrogens is 312 g/mol. The molecule has 2 unspecified atom stereocenters. The lowest BCUT2D eigenvalue weighted by Gasteiger charge is -2.34. The van der Waals surface area contributed by atoms with Gasteiger partial charge in [-0.1, -0.05) is 24.6 Å². The Morgan fingerprint density at radius 3 is 2.60 bits per heavy atom. The van der Waals surface area contributed by atoms with E-state index in [2.05, 4.69) is 31.3 Å². The zero-order valence-electron chi connectivity index (χ0n) is 15.7. The Hall–Kier alpha value is -1.55. The number of likely N-dealkylation sites (tertiary alicyclic amines) is 1. The minimum Gasteiger partial charge on any atom is -0.490 e. The van der Waals surface area contributed by atoms with E-state index in [9.17, 15) is 4.79 Å². The number of aryl methyl sites for hydroxylation is 1. The summed E-state index contributed by atoms with van der Waals surface area (Å²) in [5, 5.41) is 3.46. The summed E-state index contributed by atoms with van der Waals surface area (Å²) in [5.41, 5.74) is 1.25. The number of amides is 1. The van der Waals surface area contributed by atoms with Crippen molar-refractivity contribution >= 4 is 5.91 Å². The van der Waals surface area contributed by atoms with Gasteiger partial charge in [0.1, 0.15) is 11.9 Å². The number of carbonyl (C=O) groups excluding carboxylic acids is 1. The highest BCUT2D eigenvalue weighted by Gasteiger charge is 2.27. The Morgan fingerprint density at radius 1 is 1.24 bits per heavy atom. The molecule has 2 atom stereocenters. The molecular formula is C21H32N2O2. The molecule has 2 aliphatic rings. The fourth-order valence-electron chi connectivity index (χ4n) is 3.97. The standard InChI is InChI=1S/C21H32N2O2/c1-16-5-7-19(8-6-16)25-20-9-12-23(13-10-20)21(24)14-17(2)18-4-3-11-22-15-18/h5-8,17-18,20,22H,3-4,9-15H2,1-2H3. The Balaban J connectivity index is 1.41. The van der Waals surface area contributed by atoms with E-state index in [-0.39, 0.29) is 6.10 Å². The molecule has 4 nitrogen and oxygen atoms in total. The minimum atomic E-state index is 0.228. The van der Waals surface area contributed by atoms with E-state index in [1.807, 2.05) is 17.0 Å². The van der Waals surface area contributed by atoms with Gasteiger partial charge in [-0.25, -0.2) is 0 Å². The number of hydrogen-bond donors (Lipinski definition) is 1. The van der Waals surface area contributed by atoms with Crippen LogP contribution in [0.2, 0.25) is 0 Å². The maximum absolute atomic E-state index is 12.6. The summed E-state index contributed by atoms with van der Waals surface area (Å²) in [6.45, 7) is 8.17. The molecule has 2 fully saturated rings. The van der Waals surface area contributed by atoms with Crippen LogP contribution in [0.4, 0.5) is 0 Å². The van der Waals surface area contributed by atoms with E-state index >= 15 is 0 Å². The molecule has 2 saturated heterocycles. The second kappa shape index (κ2) is 8.70. The van der Waals surface area contributed by atoms with Crippen molar-refractivity contribution in [2.24, 2.45) is 11.8 Å². The zero-order valence-corrected chi connectivity index (χ0v) is 15.7. The third kappa shape index (κ3) is 5.21. The molecule has 0 spiro atoms. The minimum absolute atomic E-state index is 0.228. The number of nitrogens with zero attached hydrogens (tertiary/aromatic N) is 1. The molecule has 25 heavy (non-hydrogen) atoms. The van der Waals surface area contributed by atoms with Gasteiger partial charge in [0.25, 0.3) is 0 Å². The van der Waals surface area contributed by atoms with Gasteiger partial charge < -0.3 is 15.0 Å². The third-order valence-corrected chi connectivity index (χ3v) is 5.75. The number of ether oxygens (including phenoxy) is 1. The summed E-state index contributed by atoms with van der Waals surface area (Å²) >= 11 is 0. The van der Waals surface area contributed by atoms with Crippen molar-refractivity contribution in [1.82, 2.24) is 10.2 Å². The maximum atomic E-state index is 12.6. The average Bonchev–Trinajstić information content (AvgIpc) is 2.65. The molecule has 0 aromatic heterocycles. The fraction of sp³-hybridized carbons (Fsp3) is 0.667. The first-order valence-electron chi connectivity index (χ1n) is 9.83. The van der Waals surface area contributed by atoms with Gasteiger partial charge in [0.05, 0.1) is 0 Å². The van der Waals surface area contributed by atoms with E-state index in [0.717, 1.165) is 44.8 Å². The van der Waals surface area contributed by atoms with Gasteiger partial charge in [-0.05, 0) is 56.8 Å². The van der Waals surface area contributed by atoms with Crippen molar-refractivity contribution in [2.75, 3.05) is 26.2 Å². The summed E-state index contributed by atoms with van der Waals surface area (Å²) in [5.74, 6) is 2.39. The number of carbonyl (C=O) groups is 1. The molecule has 3 rings (SSSR count). The summed E-state index contributed by atoms with van der Waals surface area (Å²) < 4.78 is 6.07.